The van der Waals surface area contributed by atoms with Gasteiger partial charge in [-0.3, -0.25) is 8.63 Å². The van der Waals surface area contributed by atoms with Crippen LogP contribution in [0, 0.1) is 27.7 Å². The molecule has 2 aromatic carbocycles. The average molecular weight is 416 g/mol. The van der Waals surface area contributed by atoms with E-state index in [2.05, 4.69) is 30.6 Å². The molecule has 4 rings (SSSR count). The van der Waals surface area contributed by atoms with Crippen LogP contribution in [0.4, 0.5) is 8.63 Å². The zero-order chi connectivity index (χ0) is 22.4. The molecule has 31 heavy (non-hydrogen) atoms. The molecule has 0 amide bonds. The Kier molecular flexibility index (Phi) is 5.38. The van der Waals surface area contributed by atoms with E-state index in [9.17, 15) is 8.63 Å². The minimum absolute atomic E-state index is 0.506. The topological polar surface area (TPSA) is 20.7 Å². The predicted octanol–water partition coefficient (Wildman–Crippen LogP) is 5.44. The Hall–Kier alpha value is -3.08. The summed E-state index contributed by atoms with van der Waals surface area (Å²) in [4.78, 5) is 3.30. The maximum absolute atomic E-state index is 14.6. The molecule has 1 N–H and O–H groups in total. The molecule has 0 atom stereocenters. The Balaban J connectivity index is 2.16. The lowest BCUT2D eigenvalue weighted by molar-refractivity contribution is 0.631. The van der Waals surface area contributed by atoms with Gasteiger partial charge in [0.1, 0.15) is 0 Å². The van der Waals surface area contributed by atoms with Crippen molar-refractivity contribution in [1.82, 2.24) is 9.46 Å². The molecule has 0 aliphatic rings. The molecule has 5 heteroatoms. The number of hydrogen-bond donors (Lipinski definition) is 1. The van der Waals surface area contributed by atoms with Crippen molar-refractivity contribution in [3.05, 3.63) is 80.6 Å². The minimum Gasteiger partial charge on any atom is -0.355 e. The van der Waals surface area contributed by atoms with Gasteiger partial charge in [-0.2, -0.15) is 0 Å². The number of aryl methyl sites for hydroxylation is 3. The minimum atomic E-state index is -2.67. The summed E-state index contributed by atoms with van der Waals surface area (Å²) in [5.41, 5.74) is 7.27. The van der Waals surface area contributed by atoms with Gasteiger partial charge in [-0.25, -0.2) is 0 Å². The molecule has 0 saturated heterocycles. The van der Waals surface area contributed by atoms with E-state index in [0.29, 0.717) is 11.4 Å². The van der Waals surface area contributed by atoms with Crippen LogP contribution in [0.1, 0.15) is 40.4 Å². The fraction of sp³-hybridized carbons (Fsp3) is 0.231. The van der Waals surface area contributed by atoms with Crippen molar-refractivity contribution in [2.45, 2.75) is 41.0 Å². The molecule has 4 aromatic rings. The number of benzene rings is 2. The second-order valence-corrected chi connectivity index (χ2v) is 8.32. The Bertz CT molecular complexity index is 1390. The summed E-state index contributed by atoms with van der Waals surface area (Å²) in [6.45, 7) is 14.2. The molecule has 2 nitrogen and oxygen atoms in total. The average Bonchev–Trinajstić information content (AvgIpc) is 3.16. The van der Waals surface area contributed by atoms with Crippen LogP contribution in [-0.4, -0.2) is 16.9 Å². The van der Waals surface area contributed by atoms with Gasteiger partial charge in [0, 0.05) is 38.4 Å². The second kappa shape index (κ2) is 7.88. The van der Waals surface area contributed by atoms with Gasteiger partial charge in [-0.1, -0.05) is 55.5 Å². The summed E-state index contributed by atoms with van der Waals surface area (Å²) in [6, 6.07) is 11.8. The lowest BCUT2D eigenvalue weighted by atomic mass is 9.94. The molecule has 0 aliphatic carbocycles. The third-order valence-electron chi connectivity index (χ3n) is 6.21. The van der Waals surface area contributed by atoms with Gasteiger partial charge >= 0.3 is 7.40 Å². The molecule has 2 heterocycles. The van der Waals surface area contributed by atoms with Gasteiger partial charge in [-0.15, -0.1) is 0 Å². The van der Waals surface area contributed by atoms with Gasteiger partial charge in [-0.05, 0) is 62.4 Å². The number of rotatable bonds is 4. The van der Waals surface area contributed by atoms with Gasteiger partial charge < -0.3 is 9.46 Å². The maximum atomic E-state index is 14.6. The number of aromatic nitrogens is 2. The molecule has 0 bridgehead atoms. The van der Waals surface area contributed by atoms with Crippen LogP contribution in [0.25, 0.3) is 34.7 Å². The first-order chi connectivity index (χ1) is 14.7. The lowest BCUT2D eigenvalue weighted by Crippen LogP contribution is -2.18. The van der Waals surface area contributed by atoms with Crippen LogP contribution >= 0.6 is 0 Å². The number of nitrogens with zero attached hydrogens (tertiary/aromatic N) is 1. The fourth-order valence-electron chi connectivity index (χ4n) is 4.93. The van der Waals surface area contributed by atoms with Crippen LogP contribution in [0.5, 0.6) is 0 Å². The number of aromatic amines is 1. The number of H-pyrrole nitrogens is 1. The second-order valence-electron chi connectivity index (χ2n) is 8.32. The zero-order valence-electron chi connectivity index (χ0n) is 18.7. The first kappa shape index (κ1) is 21.2. The summed E-state index contributed by atoms with van der Waals surface area (Å²) in [5.74, 6) is 0. The van der Waals surface area contributed by atoms with Gasteiger partial charge in [0.05, 0.1) is 0 Å². The smallest absolute Gasteiger partial charge is 0.355 e. The monoisotopic (exact) mass is 416 g/mol. The molecular formula is C26H27BF2N2. The molecule has 158 valence electrons. The Morgan fingerprint density at radius 1 is 1.03 bits per heavy atom. The summed E-state index contributed by atoms with van der Waals surface area (Å²) in [5, 5.41) is 3.32. The molecular weight excluding hydrogens is 389 g/mol. The maximum Gasteiger partial charge on any atom is 0.678 e. The molecule has 0 spiro atoms. The van der Waals surface area contributed by atoms with Crippen LogP contribution in [0.3, 0.4) is 0 Å². The summed E-state index contributed by atoms with van der Waals surface area (Å²) in [7, 11) is -2.67. The molecule has 2 aromatic heterocycles. The van der Waals surface area contributed by atoms with Crippen molar-refractivity contribution in [1.29, 1.82) is 0 Å². The van der Waals surface area contributed by atoms with Gasteiger partial charge in [0.2, 0.25) is 0 Å². The van der Waals surface area contributed by atoms with Crippen LogP contribution < -0.4 is 10.7 Å². The standard InChI is InChI=1S/C26H27BF2N2/c1-7-20-18(5)23(30-19(20)6)14-24-21-10-8-9-11-22(21)26(31(24)27(28)29)25-16(3)12-15(2)13-17(25)4/h8-14,30H,6-7H2,1-5H3. The van der Waals surface area contributed by atoms with E-state index in [1.807, 2.05) is 58.0 Å². The Morgan fingerprint density at radius 3 is 2.19 bits per heavy atom. The van der Waals surface area contributed by atoms with Crippen LogP contribution in [0.15, 0.2) is 36.4 Å². The molecule has 0 aliphatic heterocycles. The predicted molar refractivity (Wildman–Crippen MR) is 128 cm³/mol. The van der Waals surface area contributed by atoms with Gasteiger partial charge in [0.15, 0.2) is 0 Å². The Labute approximate surface area is 182 Å². The number of fused-ring (bicyclic) bond motifs is 1. The van der Waals surface area contributed by atoms with Crippen molar-refractivity contribution in [3.63, 3.8) is 0 Å². The van der Waals surface area contributed by atoms with Crippen molar-refractivity contribution >= 4 is 30.8 Å². The highest BCUT2D eigenvalue weighted by molar-refractivity contribution is 6.43. The van der Waals surface area contributed by atoms with E-state index in [0.717, 1.165) is 61.3 Å². The highest BCUT2D eigenvalue weighted by Crippen LogP contribution is 2.38. The third kappa shape index (κ3) is 3.42. The largest absolute Gasteiger partial charge is 0.678 e. The Morgan fingerprint density at radius 2 is 1.65 bits per heavy atom. The van der Waals surface area contributed by atoms with E-state index in [1.165, 1.54) is 4.48 Å². The first-order valence-electron chi connectivity index (χ1n) is 10.6. The first-order valence-corrected chi connectivity index (χ1v) is 10.6. The number of hydrogen-bond acceptors (Lipinski definition) is 0. The highest BCUT2D eigenvalue weighted by atomic mass is 19.2. The highest BCUT2D eigenvalue weighted by Gasteiger charge is 2.29. The van der Waals surface area contributed by atoms with E-state index < -0.39 is 7.40 Å². The summed E-state index contributed by atoms with van der Waals surface area (Å²) < 4.78 is 30.4. The SMILES string of the molecule is C=c1[nH]c(=Cc2c3ccccc3c(-c3c(C)cc(C)cc3C)n2B(F)F)c(C)c1CC. The third-order valence-corrected chi connectivity index (χ3v) is 6.21. The van der Waals surface area contributed by atoms with Crippen molar-refractivity contribution in [3.8, 4) is 11.3 Å². The zero-order valence-corrected chi connectivity index (χ0v) is 18.7. The fourth-order valence-corrected chi connectivity index (χ4v) is 4.93. The van der Waals surface area contributed by atoms with E-state index in [4.69, 9.17) is 0 Å². The van der Waals surface area contributed by atoms with E-state index >= 15 is 0 Å². The number of halogens is 2. The van der Waals surface area contributed by atoms with Gasteiger partial charge in [0.25, 0.3) is 0 Å². The molecule has 0 fully saturated rings. The summed E-state index contributed by atoms with van der Waals surface area (Å²) in [6.07, 6.45) is 2.69. The van der Waals surface area contributed by atoms with Crippen molar-refractivity contribution < 1.29 is 8.63 Å². The molecule has 0 unspecified atom stereocenters. The lowest BCUT2D eigenvalue weighted by Gasteiger charge is -2.15. The van der Waals surface area contributed by atoms with Crippen molar-refractivity contribution in [2.24, 2.45) is 0 Å². The molecule has 0 radical (unpaired) electrons. The summed E-state index contributed by atoms with van der Waals surface area (Å²) >= 11 is 0. The number of nitrogens with one attached hydrogen (secondary N) is 1. The van der Waals surface area contributed by atoms with Crippen molar-refractivity contribution in [2.75, 3.05) is 0 Å². The van der Waals surface area contributed by atoms with Crippen LogP contribution in [-0.2, 0) is 6.42 Å². The van der Waals surface area contributed by atoms with E-state index in [-0.39, 0.29) is 0 Å². The molecule has 0 saturated carbocycles. The normalized spacial score (nSPS) is 12.2. The van der Waals surface area contributed by atoms with E-state index in [1.54, 1.807) is 0 Å². The van der Waals surface area contributed by atoms with Crippen LogP contribution in [0.2, 0.25) is 0 Å². The quantitative estimate of drug-likeness (QED) is 0.428.